The van der Waals surface area contributed by atoms with E-state index < -0.39 is 0 Å². The first-order valence-electron chi connectivity index (χ1n) is 10.5. The van der Waals surface area contributed by atoms with E-state index in [1.807, 2.05) is 16.5 Å². The maximum Gasteiger partial charge on any atom is 0.273 e. The summed E-state index contributed by atoms with van der Waals surface area (Å²) in [6, 6.07) is 7.19. The van der Waals surface area contributed by atoms with Gasteiger partial charge in [-0.3, -0.25) is 9.20 Å². The fraction of sp³-hybridized carbons (Fsp3) is 0.227. The van der Waals surface area contributed by atoms with Crippen molar-refractivity contribution in [2.45, 2.75) is 31.8 Å². The number of imidazole rings is 2. The van der Waals surface area contributed by atoms with Crippen molar-refractivity contribution >= 4 is 28.7 Å². The van der Waals surface area contributed by atoms with Gasteiger partial charge in [0.2, 0.25) is 5.95 Å². The molecule has 0 radical (unpaired) electrons. The molecule has 1 N–H and O–H groups in total. The topological polar surface area (TPSA) is 94.4 Å². The van der Waals surface area contributed by atoms with Crippen molar-refractivity contribution in [3.05, 3.63) is 82.8 Å². The molecule has 0 spiro atoms. The van der Waals surface area contributed by atoms with E-state index >= 15 is 0 Å². The fourth-order valence-electron chi connectivity index (χ4n) is 3.92. The minimum Gasteiger partial charge on any atom is -0.345 e. The molecule has 6 rings (SSSR count). The summed E-state index contributed by atoms with van der Waals surface area (Å²) in [5.74, 6) is -0.325. The lowest BCUT2D eigenvalue weighted by Crippen LogP contribution is -2.23. The highest BCUT2D eigenvalue weighted by molar-refractivity contribution is 6.30. The SMILES string of the molecule is O=C(NCc1ncn2ccc(Cl)cc12)c1cn(Cc2cn3c(F)c(C4CC4)ccc3n2)nn1. The molecule has 5 heterocycles. The van der Waals surface area contributed by atoms with Crippen LogP contribution in [0.15, 0.2) is 49.2 Å². The van der Waals surface area contributed by atoms with Crippen LogP contribution in [0.2, 0.25) is 5.02 Å². The molecule has 1 fully saturated rings. The van der Waals surface area contributed by atoms with Crippen LogP contribution in [-0.4, -0.2) is 39.7 Å². The maximum absolute atomic E-state index is 14.8. The van der Waals surface area contributed by atoms with Crippen molar-refractivity contribution < 1.29 is 9.18 Å². The van der Waals surface area contributed by atoms with E-state index in [2.05, 4.69) is 25.6 Å². The van der Waals surface area contributed by atoms with Crippen molar-refractivity contribution in [2.75, 3.05) is 0 Å². The number of fused-ring (bicyclic) bond motifs is 2. The Labute approximate surface area is 191 Å². The monoisotopic (exact) mass is 464 g/mol. The zero-order chi connectivity index (χ0) is 22.5. The molecular formula is C22H18ClFN8O. The molecule has 33 heavy (non-hydrogen) atoms. The van der Waals surface area contributed by atoms with Crippen LogP contribution in [0.5, 0.6) is 0 Å². The lowest BCUT2D eigenvalue weighted by atomic mass is 10.2. The molecular weight excluding hydrogens is 447 g/mol. The number of nitrogens with one attached hydrogen (secondary N) is 1. The number of rotatable bonds is 6. The lowest BCUT2D eigenvalue weighted by molar-refractivity contribution is 0.0945. The molecule has 11 heteroatoms. The van der Waals surface area contributed by atoms with Gasteiger partial charge in [-0.05, 0) is 37.0 Å². The summed E-state index contributed by atoms with van der Waals surface area (Å²) in [6.07, 6.45) is 8.71. The van der Waals surface area contributed by atoms with Gasteiger partial charge in [-0.1, -0.05) is 22.9 Å². The van der Waals surface area contributed by atoms with Gasteiger partial charge in [0.25, 0.3) is 5.91 Å². The van der Waals surface area contributed by atoms with Gasteiger partial charge in [-0.25, -0.2) is 14.6 Å². The molecule has 5 aromatic rings. The van der Waals surface area contributed by atoms with Gasteiger partial charge in [0.15, 0.2) is 5.69 Å². The number of carbonyl (C=O) groups is 1. The van der Waals surface area contributed by atoms with Crippen LogP contribution in [0.3, 0.4) is 0 Å². The van der Waals surface area contributed by atoms with Gasteiger partial charge >= 0.3 is 0 Å². The van der Waals surface area contributed by atoms with Crippen LogP contribution in [0.1, 0.15) is 46.2 Å². The predicted octanol–water partition coefficient (Wildman–Crippen LogP) is 3.22. The molecule has 0 aromatic carbocycles. The summed E-state index contributed by atoms with van der Waals surface area (Å²) in [7, 11) is 0. The van der Waals surface area contributed by atoms with Crippen molar-refractivity contribution in [3.63, 3.8) is 0 Å². The summed E-state index contributed by atoms with van der Waals surface area (Å²) < 4.78 is 19.6. The van der Waals surface area contributed by atoms with Crippen molar-refractivity contribution in [2.24, 2.45) is 0 Å². The molecule has 0 bridgehead atoms. The van der Waals surface area contributed by atoms with Crippen molar-refractivity contribution in [3.8, 4) is 0 Å². The lowest BCUT2D eigenvalue weighted by Gasteiger charge is -2.02. The zero-order valence-electron chi connectivity index (χ0n) is 17.3. The van der Waals surface area contributed by atoms with E-state index in [-0.39, 0.29) is 30.6 Å². The Morgan fingerprint density at radius 2 is 2.12 bits per heavy atom. The summed E-state index contributed by atoms with van der Waals surface area (Å²) in [5, 5.41) is 11.4. The van der Waals surface area contributed by atoms with E-state index in [1.54, 1.807) is 30.9 Å². The molecule has 166 valence electrons. The average Bonchev–Trinajstić information content (AvgIpc) is 3.20. The van der Waals surface area contributed by atoms with Gasteiger partial charge in [0.05, 0.1) is 42.5 Å². The van der Waals surface area contributed by atoms with Crippen LogP contribution in [0, 0.1) is 5.95 Å². The summed E-state index contributed by atoms with van der Waals surface area (Å²) in [4.78, 5) is 21.3. The van der Waals surface area contributed by atoms with Crippen LogP contribution < -0.4 is 5.32 Å². The molecule has 0 aliphatic heterocycles. The second-order valence-corrected chi connectivity index (χ2v) is 8.56. The third kappa shape index (κ3) is 3.72. The van der Waals surface area contributed by atoms with Crippen LogP contribution in [0.25, 0.3) is 11.2 Å². The Balaban J connectivity index is 1.15. The third-order valence-electron chi connectivity index (χ3n) is 5.75. The van der Waals surface area contributed by atoms with Crippen molar-refractivity contribution in [1.29, 1.82) is 0 Å². The molecule has 9 nitrogen and oxygen atoms in total. The first-order chi connectivity index (χ1) is 16.0. The van der Waals surface area contributed by atoms with E-state index in [0.29, 0.717) is 28.0 Å². The highest BCUT2D eigenvalue weighted by Gasteiger charge is 2.27. The Kier molecular flexibility index (Phi) is 4.61. The second kappa shape index (κ2) is 7.66. The number of carbonyl (C=O) groups excluding carboxylic acids is 1. The molecule has 1 amide bonds. The first-order valence-corrected chi connectivity index (χ1v) is 10.9. The normalized spacial score (nSPS) is 13.8. The van der Waals surface area contributed by atoms with E-state index in [9.17, 15) is 9.18 Å². The standard InChI is InChI=1S/C22H18ClFN8O/c23-14-5-6-30-12-26-17(19(30)7-14)8-25-22(33)18-11-31(29-28-18)9-15-10-32-20(27-15)4-3-16(21(32)24)13-1-2-13/h3-7,10-13H,1-2,8-9H2,(H,25,33). The Morgan fingerprint density at radius 1 is 1.24 bits per heavy atom. The van der Waals surface area contributed by atoms with Gasteiger partial charge in [0, 0.05) is 23.0 Å². The maximum atomic E-state index is 14.8. The van der Waals surface area contributed by atoms with Crippen LogP contribution >= 0.6 is 11.6 Å². The fourth-order valence-corrected chi connectivity index (χ4v) is 4.08. The van der Waals surface area contributed by atoms with Crippen molar-refractivity contribution in [1.82, 2.24) is 39.1 Å². The second-order valence-electron chi connectivity index (χ2n) is 8.13. The smallest absolute Gasteiger partial charge is 0.273 e. The number of hydrogen-bond donors (Lipinski definition) is 1. The molecule has 1 saturated carbocycles. The van der Waals surface area contributed by atoms with E-state index in [4.69, 9.17) is 11.6 Å². The highest BCUT2D eigenvalue weighted by Crippen LogP contribution is 2.41. The van der Waals surface area contributed by atoms with Gasteiger partial charge < -0.3 is 9.72 Å². The molecule has 0 saturated heterocycles. The zero-order valence-corrected chi connectivity index (χ0v) is 18.1. The Hall–Kier alpha value is -3.79. The highest BCUT2D eigenvalue weighted by atomic mass is 35.5. The first kappa shape index (κ1) is 19.9. The Bertz CT molecular complexity index is 1520. The summed E-state index contributed by atoms with van der Waals surface area (Å²) >= 11 is 6.06. The van der Waals surface area contributed by atoms with Crippen LogP contribution in [0.4, 0.5) is 4.39 Å². The summed E-state index contributed by atoms with van der Waals surface area (Å²) in [6.45, 7) is 0.488. The average molecular weight is 465 g/mol. The quantitative estimate of drug-likeness (QED) is 0.389. The predicted molar refractivity (Wildman–Crippen MR) is 118 cm³/mol. The summed E-state index contributed by atoms with van der Waals surface area (Å²) in [5.41, 5.74) is 3.57. The van der Waals surface area contributed by atoms with E-state index in [1.165, 1.54) is 15.3 Å². The van der Waals surface area contributed by atoms with Gasteiger partial charge in [-0.2, -0.15) is 4.39 Å². The van der Waals surface area contributed by atoms with Gasteiger partial charge in [-0.15, -0.1) is 5.10 Å². The number of hydrogen-bond acceptors (Lipinski definition) is 5. The largest absolute Gasteiger partial charge is 0.345 e. The number of pyridine rings is 2. The minimum absolute atomic E-state index is 0.169. The number of halogens is 2. The minimum atomic E-state index is -0.375. The number of nitrogens with zero attached hydrogens (tertiary/aromatic N) is 7. The molecule has 5 aromatic heterocycles. The van der Waals surface area contributed by atoms with Gasteiger partial charge in [0.1, 0.15) is 5.65 Å². The van der Waals surface area contributed by atoms with E-state index in [0.717, 1.165) is 23.9 Å². The Morgan fingerprint density at radius 3 is 2.97 bits per heavy atom. The number of amides is 1. The third-order valence-corrected chi connectivity index (χ3v) is 5.99. The molecule has 1 aliphatic rings. The molecule has 1 aliphatic carbocycles. The van der Waals surface area contributed by atoms with Crippen LogP contribution in [-0.2, 0) is 13.1 Å². The number of aromatic nitrogens is 7. The molecule has 0 unspecified atom stereocenters. The molecule has 0 atom stereocenters.